The summed E-state index contributed by atoms with van der Waals surface area (Å²) in [4.78, 5) is -0.111. The highest BCUT2D eigenvalue weighted by molar-refractivity contribution is 7.85. The predicted octanol–water partition coefficient (Wildman–Crippen LogP) is 5.27. The standard InChI is InChI=1S/C26H20O3S/c27-30(28,29)26-15-11-20(12-16-26)7-4-8-22-9-13-24-14-10-23(19-25(24)18-22)17-21-5-2-1-3-6-21/h1-3,5-6,9-16,18-19H,7,17H2,(H,27,28,29). The fourth-order valence-corrected chi connectivity index (χ4v) is 3.82. The molecule has 0 aliphatic heterocycles. The number of benzene rings is 4. The molecule has 0 atom stereocenters. The zero-order chi connectivity index (χ0) is 21.0. The Kier molecular flexibility index (Phi) is 5.67. The van der Waals surface area contributed by atoms with Crippen LogP contribution in [0.3, 0.4) is 0 Å². The highest BCUT2D eigenvalue weighted by Crippen LogP contribution is 2.20. The van der Waals surface area contributed by atoms with Crippen LogP contribution >= 0.6 is 0 Å². The van der Waals surface area contributed by atoms with Crippen molar-refractivity contribution in [3.63, 3.8) is 0 Å². The van der Waals surface area contributed by atoms with E-state index >= 15 is 0 Å². The van der Waals surface area contributed by atoms with Crippen LogP contribution in [0.4, 0.5) is 0 Å². The van der Waals surface area contributed by atoms with E-state index in [1.807, 2.05) is 12.1 Å². The molecule has 0 unspecified atom stereocenters. The van der Waals surface area contributed by atoms with Crippen molar-refractivity contribution in [2.24, 2.45) is 0 Å². The van der Waals surface area contributed by atoms with Gasteiger partial charge in [-0.1, -0.05) is 78.6 Å². The molecule has 0 aliphatic carbocycles. The van der Waals surface area contributed by atoms with Gasteiger partial charge in [-0.2, -0.15) is 8.42 Å². The second kappa shape index (κ2) is 8.54. The molecule has 4 rings (SSSR count). The third kappa shape index (κ3) is 4.96. The zero-order valence-corrected chi connectivity index (χ0v) is 17.1. The van der Waals surface area contributed by atoms with Gasteiger partial charge in [0, 0.05) is 12.0 Å². The number of rotatable bonds is 4. The summed E-state index contributed by atoms with van der Waals surface area (Å²) < 4.78 is 31.2. The first kappa shape index (κ1) is 19.9. The maximum Gasteiger partial charge on any atom is 0.294 e. The Morgan fingerprint density at radius 3 is 2.13 bits per heavy atom. The second-order valence-electron chi connectivity index (χ2n) is 7.16. The summed E-state index contributed by atoms with van der Waals surface area (Å²) >= 11 is 0. The molecule has 0 aromatic heterocycles. The molecule has 148 valence electrons. The maximum atomic E-state index is 11.1. The number of hydrogen-bond acceptors (Lipinski definition) is 2. The van der Waals surface area contributed by atoms with Crippen molar-refractivity contribution in [3.8, 4) is 11.8 Å². The Labute approximate surface area is 176 Å². The minimum absolute atomic E-state index is 0.111. The van der Waals surface area contributed by atoms with Crippen LogP contribution in [0.2, 0.25) is 0 Å². The molecule has 0 bridgehead atoms. The molecular weight excluding hydrogens is 392 g/mol. The highest BCUT2D eigenvalue weighted by Gasteiger charge is 2.07. The minimum Gasteiger partial charge on any atom is -0.282 e. The second-order valence-corrected chi connectivity index (χ2v) is 8.58. The predicted molar refractivity (Wildman–Crippen MR) is 120 cm³/mol. The normalized spacial score (nSPS) is 11.1. The zero-order valence-electron chi connectivity index (χ0n) is 16.2. The first-order chi connectivity index (χ1) is 14.5. The fourth-order valence-electron chi connectivity index (χ4n) is 3.34. The van der Waals surface area contributed by atoms with Gasteiger partial charge in [-0.15, -0.1) is 0 Å². The first-order valence-corrected chi connectivity index (χ1v) is 11.0. The molecule has 0 saturated heterocycles. The van der Waals surface area contributed by atoms with E-state index < -0.39 is 10.1 Å². The van der Waals surface area contributed by atoms with Crippen molar-refractivity contribution in [1.29, 1.82) is 0 Å². The van der Waals surface area contributed by atoms with E-state index in [1.54, 1.807) is 12.1 Å². The summed E-state index contributed by atoms with van der Waals surface area (Å²) in [6.07, 6.45) is 1.39. The van der Waals surface area contributed by atoms with Gasteiger partial charge < -0.3 is 0 Å². The Balaban J connectivity index is 1.51. The van der Waals surface area contributed by atoms with Crippen molar-refractivity contribution in [2.75, 3.05) is 0 Å². The van der Waals surface area contributed by atoms with Gasteiger partial charge in [0.2, 0.25) is 0 Å². The molecule has 4 aromatic rings. The smallest absolute Gasteiger partial charge is 0.282 e. The monoisotopic (exact) mass is 412 g/mol. The average molecular weight is 413 g/mol. The summed E-state index contributed by atoms with van der Waals surface area (Å²) in [6, 6.07) is 29.2. The van der Waals surface area contributed by atoms with E-state index in [1.165, 1.54) is 28.6 Å². The molecule has 4 aromatic carbocycles. The highest BCUT2D eigenvalue weighted by atomic mass is 32.2. The molecule has 3 nitrogen and oxygen atoms in total. The van der Waals surface area contributed by atoms with Crippen LogP contribution < -0.4 is 0 Å². The Morgan fingerprint density at radius 2 is 1.40 bits per heavy atom. The van der Waals surface area contributed by atoms with Crippen LogP contribution in [0, 0.1) is 11.8 Å². The van der Waals surface area contributed by atoms with E-state index in [-0.39, 0.29) is 4.90 Å². The largest absolute Gasteiger partial charge is 0.294 e. The van der Waals surface area contributed by atoms with Crippen LogP contribution in [-0.2, 0) is 23.0 Å². The van der Waals surface area contributed by atoms with Crippen LogP contribution in [0.25, 0.3) is 10.8 Å². The Bertz CT molecular complexity index is 1340. The molecule has 0 saturated carbocycles. The molecule has 30 heavy (non-hydrogen) atoms. The van der Waals surface area contributed by atoms with Crippen LogP contribution in [0.15, 0.2) is 95.9 Å². The molecule has 0 spiro atoms. The quantitative estimate of drug-likeness (QED) is 0.367. The number of fused-ring (bicyclic) bond motifs is 1. The lowest BCUT2D eigenvalue weighted by Crippen LogP contribution is -1.97. The van der Waals surface area contributed by atoms with Crippen LogP contribution in [0.1, 0.15) is 22.3 Å². The molecule has 0 fully saturated rings. The van der Waals surface area contributed by atoms with E-state index in [9.17, 15) is 8.42 Å². The van der Waals surface area contributed by atoms with Gasteiger partial charge in [0.05, 0.1) is 4.90 Å². The van der Waals surface area contributed by atoms with Gasteiger partial charge in [0.25, 0.3) is 10.1 Å². The van der Waals surface area contributed by atoms with Gasteiger partial charge in [-0.25, -0.2) is 0 Å². The lowest BCUT2D eigenvalue weighted by Gasteiger charge is -2.05. The summed E-state index contributed by atoms with van der Waals surface area (Å²) in [5, 5.41) is 2.34. The van der Waals surface area contributed by atoms with E-state index in [0.717, 1.165) is 22.9 Å². The molecule has 1 N–H and O–H groups in total. The lowest BCUT2D eigenvalue weighted by atomic mass is 10.00. The van der Waals surface area contributed by atoms with Crippen molar-refractivity contribution in [1.82, 2.24) is 0 Å². The first-order valence-electron chi connectivity index (χ1n) is 9.59. The van der Waals surface area contributed by atoms with Crippen molar-refractivity contribution >= 4 is 20.9 Å². The molecular formula is C26H20O3S. The summed E-state index contributed by atoms with van der Waals surface area (Å²) in [5.41, 5.74) is 4.38. The molecule has 0 amide bonds. The SMILES string of the molecule is O=S(=O)(O)c1ccc(CC#Cc2ccc3ccc(Cc4ccccc4)cc3c2)cc1. The molecule has 4 heteroatoms. The lowest BCUT2D eigenvalue weighted by molar-refractivity contribution is 0.483. The molecule has 0 aliphatic rings. The van der Waals surface area contributed by atoms with Crippen LogP contribution in [0.5, 0.6) is 0 Å². The van der Waals surface area contributed by atoms with Gasteiger partial charge in [0.15, 0.2) is 0 Å². The van der Waals surface area contributed by atoms with Crippen LogP contribution in [-0.4, -0.2) is 13.0 Å². The van der Waals surface area contributed by atoms with Gasteiger partial charge in [-0.05, 0) is 58.1 Å². The van der Waals surface area contributed by atoms with Gasteiger partial charge in [-0.3, -0.25) is 4.55 Å². The van der Waals surface area contributed by atoms with Crippen molar-refractivity contribution in [3.05, 3.63) is 113 Å². The average Bonchev–Trinajstić information content (AvgIpc) is 2.74. The Morgan fingerprint density at radius 1 is 0.700 bits per heavy atom. The Hall–Kier alpha value is -3.39. The molecule has 0 heterocycles. The van der Waals surface area contributed by atoms with Gasteiger partial charge in [0.1, 0.15) is 0 Å². The van der Waals surface area contributed by atoms with Gasteiger partial charge >= 0.3 is 0 Å². The summed E-state index contributed by atoms with van der Waals surface area (Å²) in [5.74, 6) is 6.32. The van der Waals surface area contributed by atoms with Crippen molar-refractivity contribution < 1.29 is 13.0 Å². The molecule has 0 radical (unpaired) electrons. The van der Waals surface area contributed by atoms with E-state index in [0.29, 0.717) is 6.42 Å². The topological polar surface area (TPSA) is 54.4 Å². The number of hydrogen-bond donors (Lipinski definition) is 1. The maximum absolute atomic E-state index is 11.1. The summed E-state index contributed by atoms with van der Waals surface area (Å²) in [7, 11) is -4.16. The fraction of sp³-hybridized carbons (Fsp3) is 0.0769. The summed E-state index contributed by atoms with van der Waals surface area (Å²) in [6.45, 7) is 0. The third-order valence-corrected chi connectivity index (χ3v) is 5.77. The van der Waals surface area contributed by atoms with Crippen molar-refractivity contribution in [2.45, 2.75) is 17.7 Å². The van der Waals surface area contributed by atoms with E-state index in [2.05, 4.69) is 66.4 Å². The third-order valence-electron chi connectivity index (χ3n) is 4.90. The van der Waals surface area contributed by atoms with E-state index in [4.69, 9.17) is 4.55 Å². The minimum atomic E-state index is -4.16.